The molecule has 0 bridgehead atoms. The number of hydrogen-bond acceptors (Lipinski definition) is 5. The Kier molecular flexibility index (Phi) is 6.04. The van der Waals surface area contributed by atoms with Crippen LogP contribution in [0.15, 0.2) is 58.1 Å². The Morgan fingerprint density at radius 1 is 0.906 bits per heavy atom. The molecule has 3 N–H and O–H groups in total. The van der Waals surface area contributed by atoms with Gasteiger partial charge in [-0.05, 0) is 55.1 Å². The van der Waals surface area contributed by atoms with Crippen molar-refractivity contribution in [2.45, 2.75) is 6.92 Å². The molecule has 1 aliphatic heterocycles. The van der Waals surface area contributed by atoms with Gasteiger partial charge in [-0.1, -0.05) is 6.92 Å². The molecular formula is C22H24N6O4. The fourth-order valence-electron chi connectivity index (χ4n) is 3.63. The fraction of sp³-hybridized carbons (Fsp3) is 0.273. The Balaban J connectivity index is 1.38. The van der Waals surface area contributed by atoms with E-state index in [0.717, 1.165) is 24.3 Å². The molecule has 0 atom stereocenters. The summed E-state index contributed by atoms with van der Waals surface area (Å²) in [5.41, 5.74) is 0.762. The standard InChI is InChI=1S/C22H24N6O4/c1-2-26-11-13-27(14-12-26)20(30)16-3-7-17(8-4-16)23-19(29)15-5-9-18(10-6-15)28-22(32)24-21(31)25-28/h3-10H,2,11-14H2,1H3,(H,23,29)(H2,24,25,31,32). The highest BCUT2D eigenvalue weighted by atomic mass is 16.2. The first-order chi connectivity index (χ1) is 15.4. The van der Waals surface area contributed by atoms with Crippen LogP contribution in [0.5, 0.6) is 0 Å². The van der Waals surface area contributed by atoms with Gasteiger partial charge in [-0.2, -0.15) is 0 Å². The molecule has 0 saturated carbocycles. The average Bonchev–Trinajstić information content (AvgIpc) is 3.17. The number of benzene rings is 2. The van der Waals surface area contributed by atoms with E-state index in [-0.39, 0.29) is 11.8 Å². The van der Waals surface area contributed by atoms with Crippen molar-refractivity contribution in [1.29, 1.82) is 0 Å². The molecule has 10 heteroatoms. The van der Waals surface area contributed by atoms with E-state index in [4.69, 9.17) is 0 Å². The van der Waals surface area contributed by atoms with Gasteiger partial charge in [0, 0.05) is 43.0 Å². The molecule has 1 aliphatic rings. The van der Waals surface area contributed by atoms with Gasteiger partial charge in [0.25, 0.3) is 11.8 Å². The van der Waals surface area contributed by atoms with Crippen LogP contribution in [0.25, 0.3) is 5.69 Å². The molecule has 0 spiro atoms. The predicted octanol–water partition coefficient (Wildman–Crippen LogP) is 0.884. The third-order valence-electron chi connectivity index (χ3n) is 5.52. The second-order valence-electron chi connectivity index (χ2n) is 7.51. The maximum absolute atomic E-state index is 12.7. The molecule has 0 unspecified atom stereocenters. The zero-order valence-corrected chi connectivity index (χ0v) is 17.6. The summed E-state index contributed by atoms with van der Waals surface area (Å²) >= 11 is 0. The number of H-pyrrole nitrogens is 2. The number of carbonyl (C=O) groups excluding carboxylic acids is 2. The number of amides is 2. The molecule has 1 saturated heterocycles. The van der Waals surface area contributed by atoms with Crippen LogP contribution in [0.1, 0.15) is 27.6 Å². The van der Waals surface area contributed by atoms with E-state index in [1.165, 1.54) is 0 Å². The van der Waals surface area contributed by atoms with Crippen molar-refractivity contribution in [3.05, 3.63) is 80.6 Å². The van der Waals surface area contributed by atoms with Gasteiger partial charge in [-0.15, -0.1) is 0 Å². The fourth-order valence-corrected chi connectivity index (χ4v) is 3.63. The molecule has 1 aromatic heterocycles. The Bertz CT molecular complexity index is 1210. The molecule has 1 fully saturated rings. The molecule has 2 aromatic carbocycles. The van der Waals surface area contributed by atoms with Crippen molar-refractivity contribution in [1.82, 2.24) is 24.6 Å². The summed E-state index contributed by atoms with van der Waals surface area (Å²) < 4.78 is 1.06. The van der Waals surface area contributed by atoms with E-state index in [9.17, 15) is 19.2 Å². The van der Waals surface area contributed by atoms with Crippen molar-refractivity contribution in [2.75, 3.05) is 38.0 Å². The number of anilines is 1. The van der Waals surface area contributed by atoms with E-state index >= 15 is 0 Å². The molecule has 2 amide bonds. The van der Waals surface area contributed by atoms with Gasteiger partial charge < -0.3 is 15.1 Å². The first-order valence-corrected chi connectivity index (χ1v) is 10.4. The lowest BCUT2D eigenvalue weighted by Gasteiger charge is -2.34. The molecule has 2 heterocycles. The smallest absolute Gasteiger partial charge is 0.336 e. The maximum Gasteiger partial charge on any atom is 0.349 e. The van der Waals surface area contributed by atoms with Gasteiger partial charge in [0.2, 0.25) is 0 Å². The molecule has 4 rings (SSSR count). The van der Waals surface area contributed by atoms with Crippen LogP contribution in [-0.4, -0.2) is 69.1 Å². The number of carbonyl (C=O) groups is 2. The summed E-state index contributed by atoms with van der Waals surface area (Å²) in [5, 5.41) is 5.14. The molecule has 32 heavy (non-hydrogen) atoms. The summed E-state index contributed by atoms with van der Waals surface area (Å²) in [6.45, 7) is 6.29. The lowest BCUT2D eigenvalue weighted by molar-refractivity contribution is 0.0643. The number of aromatic amines is 2. The van der Waals surface area contributed by atoms with Gasteiger partial charge in [-0.25, -0.2) is 19.4 Å². The average molecular weight is 436 g/mol. The minimum atomic E-state index is -0.609. The van der Waals surface area contributed by atoms with Crippen LogP contribution in [0.4, 0.5) is 5.69 Å². The van der Waals surface area contributed by atoms with Gasteiger partial charge in [-0.3, -0.25) is 14.6 Å². The largest absolute Gasteiger partial charge is 0.349 e. The zero-order valence-electron chi connectivity index (χ0n) is 17.6. The van der Waals surface area contributed by atoms with E-state index in [0.29, 0.717) is 35.6 Å². The van der Waals surface area contributed by atoms with E-state index < -0.39 is 11.4 Å². The normalized spacial score (nSPS) is 14.3. The Morgan fingerprint density at radius 2 is 1.53 bits per heavy atom. The maximum atomic E-state index is 12.7. The number of piperazine rings is 1. The summed E-state index contributed by atoms with van der Waals surface area (Å²) in [7, 11) is 0. The monoisotopic (exact) mass is 436 g/mol. The van der Waals surface area contributed by atoms with E-state index in [2.05, 4.69) is 27.2 Å². The number of hydrogen-bond donors (Lipinski definition) is 3. The molecular weight excluding hydrogens is 412 g/mol. The summed E-state index contributed by atoms with van der Waals surface area (Å²) in [4.78, 5) is 54.4. The van der Waals surface area contributed by atoms with Gasteiger partial charge in [0.1, 0.15) is 0 Å². The van der Waals surface area contributed by atoms with E-state index in [1.54, 1.807) is 48.5 Å². The van der Waals surface area contributed by atoms with Crippen LogP contribution in [-0.2, 0) is 0 Å². The van der Waals surface area contributed by atoms with Crippen LogP contribution >= 0.6 is 0 Å². The number of nitrogens with zero attached hydrogens (tertiary/aromatic N) is 3. The van der Waals surface area contributed by atoms with Crippen LogP contribution in [0.2, 0.25) is 0 Å². The number of nitrogens with one attached hydrogen (secondary N) is 3. The van der Waals surface area contributed by atoms with Crippen LogP contribution < -0.4 is 16.7 Å². The first-order valence-electron chi connectivity index (χ1n) is 10.4. The SMILES string of the molecule is CCN1CCN(C(=O)c2ccc(NC(=O)c3ccc(-n4[nH]c(=O)[nH]c4=O)cc3)cc2)CC1. The minimum absolute atomic E-state index is 0.00717. The summed E-state index contributed by atoms with van der Waals surface area (Å²) in [6.07, 6.45) is 0. The van der Waals surface area contributed by atoms with Crippen LogP contribution in [0.3, 0.4) is 0 Å². The highest BCUT2D eigenvalue weighted by Crippen LogP contribution is 2.15. The molecule has 0 radical (unpaired) electrons. The Morgan fingerprint density at radius 3 is 2.09 bits per heavy atom. The Labute approximate surface area is 183 Å². The number of rotatable bonds is 5. The summed E-state index contributed by atoms with van der Waals surface area (Å²) in [6, 6.07) is 13.0. The van der Waals surface area contributed by atoms with Gasteiger partial charge in [0.05, 0.1) is 5.69 Å². The second-order valence-corrected chi connectivity index (χ2v) is 7.51. The highest BCUT2D eigenvalue weighted by Gasteiger charge is 2.21. The number of aromatic nitrogens is 3. The topological polar surface area (TPSA) is 123 Å². The minimum Gasteiger partial charge on any atom is -0.336 e. The van der Waals surface area contributed by atoms with Gasteiger partial charge >= 0.3 is 11.4 Å². The third-order valence-corrected chi connectivity index (χ3v) is 5.52. The highest BCUT2D eigenvalue weighted by molar-refractivity contribution is 6.04. The lowest BCUT2D eigenvalue weighted by atomic mass is 10.1. The quantitative estimate of drug-likeness (QED) is 0.548. The lowest BCUT2D eigenvalue weighted by Crippen LogP contribution is -2.48. The molecule has 10 nitrogen and oxygen atoms in total. The van der Waals surface area contributed by atoms with Crippen LogP contribution in [0, 0.1) is 0 Å². The van der Waals surface area contributed by atoms with Crippen molar-refractivity contribution in [3.8, 4) is 5.69 Å². The third kappa shape index (κ3) is 4.54. The Hall–Kier alpha value is -3.92. The predicted molar refractivity (Wildman–Crippen MR) is 119 cm³/mol. The summed E-state index contributed by atoms with van der Waals surface area (Å²) in [5.74, 6) is -0.339. The second kappa shape index (κ2) is 9.06. The number of likely N-dealkylation sites (N-methyl/N-ethyl adjacent to an activating group) is 1. The molecule has 3 aromatic rings. The van der Waals surface area contributed by atoms with Gasteiger partial charge in [0.15, 0.2) is 0 Å². The van der Waals surface area contributed by atoms with Crippen molar-refractivity contribution >= 4 is 17.5 Å². The zero-order chi connectivity index (χ0) is 22.7. The molecule has 166 valence electrons. The van der Waals surface area contributed by atoms with E-state index in [1.807, 2.05) is 4.90 Å². The van der Waals surface area contributed by atoms with Crippen molar-refractivity contribution in [2.24, 2.45) is 0 Å². The first kappa shape index (κ1) is 21.3. The molecule has 0 aliphatic carbocycles. The van der Waals surface area contributed by atoms with Crippen molar-refractivity contribution < 1.29 is 9.59 Å². The van der Waals surface area contributed by atoms with Crippen molar-refractivity contribution in [3.63, 3.8) is 0 Å².